The van der Waals surface area contributed by atoms with Gasteiger partial charge in [-0.3, -0.25) is 0 Å². The highest BCUT2D eigenvalue weighted by Crippen LogP contribution is 2.28. The fourth-order valence-corrected chi connectivity index (χ4v) is 2.51. The third-order valence-corrected chi connectivity index (χ3v) is 3.45. The average Bonchev–Trinajstić information content (AvgIpc) is 2.71. The molecule has 1 aromatic heterocycles. The Morgan fingerprint density at radius 3 is 3.12 bits per heavy atom. The fraction of sp³-hybridized carbons (Fsp3) is 0.357. The number of imidazole rings is 1. The van der Waals surface area contributed by atoms with Crippen molar-refractivity contribution < 1.29 is 5.11 Å². The Kier molecular flexibility index (Phi) is 2.39. The first-order valence-electron chi connectivity index (χ1n) is 6.08. The normalized spacial score (nSPS) is 19.0. The number of aromatic hydroxyl groups is 1. The van der Waals surface area contributed by atoms with Gasteiger partial charge in [-0.1, -0.05) is 19.1 Å². The second kappa shape index (κ2) is 3.91. The number of phenolic OH excluding ortho intramolecular Hbond substituents is 1. The van der Waals surface area contributed by atoms with E-state index in [1.807, 2.05) is 18.3 Å². The van der Waals surface area contributed by atoms with E-state index >= 15 is 0 Å². The molecule has 0 saturated heterocycles. The number of hydrogen-bond donors (Lipinski definition) is 1. The molecule has 88 valence electrons. The monoisotopic (exact) mass is 228 g/mol. The van der Waals surface area contributed by atoms with Crippen molar-refractivity contribution in [3.63, 3.8) is 0 Å². The van der Waals surface area contributed by atoms with Crippen molar-refractivity contribution in [1.29, 1.82) is 0 Å². The molecule has 1 aliphatic rings. The molecular weight excluding hydrogens is 212 g/mol. The zero-order valence-electron chi connectivity index (χ0n) is 9.93. The van der Waals surface area contributed by atoms with Gasteiger partial charge in [-0.05, 0) is 30.9 Å². The smallest absolute Gasteiger partial charge is 0.140 e. The molecule has 0 bridgehead atoms. The highest BCUT2D eigenvalue weighted by atomic mass is 16.3. The number of benzene rings is 1. The molecule has 1 unspecified atom stereocenters. The van der Waals surface area contributed by atoms with Crippen LogP contribution < -0.4 is 0 Å². The van der Waals surface area contributed by atoms with E-state index in [1.54, 1.807) is 12.1 Å². The standard InChI is InChI=1S/C14H16N2O/c1-10-5-6-16-12(7-10)9-15-14(16)11-3-2-4-13(17)8-11/h2-4,8-10,17H,5-7H2,1H3. The molecule has 17 heavy (non-hydrogen) atoms. The molecule has 1 aromatic carbocycles. The summed E-state index contributed by atoms with van der Waals surface area (Å²) in [5, 5.41) is 9.52. The van der Waals surface area contributed by atoms with Crippen molar-refractivity contribution in [3.8, 4) is 17.1 Å². The lowest BCUT2D eigenvalue weighted by atomic mass is 9.98. The Hall–Kier alpha value is -1.77. The van der Waals surface area contributed by atoms with Gasteiger partial charge in [0.25, 0.3) is 0 Å². The van der Waals surface area contributed by atoms with E-state index in [0.717, 1.165) is 30.3 Å². The number of nitrogens with zero attached hydrogens (tertiary/aromatic N) is 2. The first-order valence-corrected chi connectivity index (χ1v) is 6.08. The summed E-state index contributed by atoms with van der Waals surface area (Å²) in [6.07, 6.45) is 4.27. The summed E-state index contributed by atoms with van der Waals surface area (Å²) in [5.74, 6) is 2.02. The quantitative estimate of drug-likeness (QED) is 0.815. The average molecular weight is 228 g/mol. The molecule has 1 atom stereocenters. The van der Waals surface area contributed by atoms with Crippen LogP contribution in [0.5, 0.6) is 5.75 Å². The predicted octanol–water partition coefficient (Wildman–Crippen LogP) is 2.84. The van der Waals surface area contributed by atoms with Gasteiger partial charge in [-0.25, -0.2) is 4.98 Å². The minimum absolute atomic E-state index is 0.295. The van der Waals surface area contributed by atoms with Gasteiger partial charge < -0.3 is 9.67 Å². The number of rotatable bonds is 1. The highest BCUT2D eigenvalue weighted by Gasteiger charge is 2.19. The molecule has 0 aliphatic carbocycles. The number of hydrogen-bond acceptors (Lipinski definition) is 2. The van der Waals surface area contributed by atoms with Crippen molar-refractivity contribution in [3.05, 3.63) is 36.2 Å². The van der Waals surface area contributed by atoms with Gasteiger partial charge in [0.15, 0.2) is 0 Å². The maximum absolute atomic E-state index is 9.52. The Bertz CT molecular complexity index is 545. The van der Waals surface area contributed by atoms with Crippen LogP contribution in [0.4, 0.5) is 0 Å². The molecule has 2 heterocycles. The van der Waals surface area contributed by atoms with Crippen LogP contribution in [0.3, 0.4) is 0 Å². The largest absolute Gasteiger partial charge is 0.508 e. The van der Waals surface area contributed by atoms with Crippen LogP contribution in [0.25, 0.3) is 11.4 Å². The zero-order valence-corrected chi connectivity index (χ0v) is 9.93. The molecule has 1 N–H and O–H groups in total. The van der Waals surface area contributed by atoms with Crippen LogP contribution in [0.15, 0.2) is 30.5 Å². The van der Waals surface area contributed by atoms with Gasteiger partial charge in [0.05, 0.1) is 0 Å². The SMILES string of the molecule is CC1CCn2c(cnc2-c2cccc(O)c2)C1. The summed E-state index contributed by atoms with van der Waals surface area (Å²) in [7, 11) is 0. The van der Waals surface area contributed by atoms with Crippen LogP contribution in [-0.4, -0.2) is 14.7 Å². The highest BCUT2D eigenvalue weighted by molar-refractivity contribution is 5.58. The van der Waals surface area contributed by atoms with Gasteiger partial charge in [-0.2, -0.15) is 0 Å². The number of phenols is 1. The second-order valence-electron chi connectivity index (χ2n) is 4.87. The van der Waals surface area contributed by atoms with E-state index in [9.17, 15) is 5.11 Å². The van der Waals surface area contributed by atoms with E-state index in [1.165, 1.54) is 12.1 Å². The molecule has 0 amide bonds. The van der Waals surface area contributed by atoms with Crippen molar-refractivity contribution in [1.82, 2.24) is 9.55 Å². The van der Waals surface area contributed by atoms with Crippen molar-refractivity contribution >= 4 is 0 Å². The summed E-state index contributed by atoms with van der Waals surface area (Å²) in [4.78, 5) is 4.50. The van der Waals surface area contributed by atoms with Crippen LogP contribution in [0, 0.1) is 5.92 Å². The number of aromatic nitrogens is 2. The predicted molar refractivity (Wildman–Crippen MR) is 66.8 cm³/mol. The first-order chi connectivity index (χ1) is 8.24. The lowest BCUT2D eigenvalue weighted by Gasteiger charge is -2.21. The van der Waals surface area contributed by atoms with Crippen LogP contribution in [0.2, 0.25) is 0 Å². The van der Waals surface area contributed by atoms with Crippen LogP contribution in [-0.2, 0) is 13.0 Å². The Morgan fingerprint density at radius 1 is 1.41 bits per heavy atom. The van der Waals surface area contributed by atoms with Crippen molar-refractivity contribution in [2.75, 3.05) is 0 Å². The molecule has 1 aliphatic heterocycles. The van der Waals surface area contributed by atoms with Crippen molar-refractivity contribution in [2.45, 2.75) is 26.3 Å². The maximum atomic E-state index is 9.52. The molecule has 0 saturated carbocycles. The van der Waals surface area contributed by atoms with E-state index in [4.69, 9.17) is 0 Å². The summed E-state index contributed by atoms with van der Waals surface area (Å²) < 4.78 is 2.27. The fourth-order valence-electron chi connectivity index (χ4n) is 2.51. The minimum atomic E-state index is 0.295. The Morgan fingerprint density at radius 2 is 2.29 bits per heavy atom. The summed E-state index contributed by atoms with van der Waals surface area (Å²) in [6, 6.07) is 7.31. The van der Waals surface area contributed by atoms with Gasteiger partial charge in [0.1, 0.15) is 11.6 Å². The van der Waals surface area contributed by atoms with Gasteiger partial charge >= 0.3 is 0 Å². The third kappa shape index (κ3) is 1.82. The zero-order chi connectivity index (χ0) is 11.8. The first kappa shape index (κ1) is 10.4. The molecule has 3 heteroatoms. The lowest BCUT2D eigenvalue weighted by molar-refractivity contribution is 0.419. The van der Waals surface area contributed by atoms with E-state index < -0.39 is 0 Å². The van der Waals surface area contributed by atoms with E-state index in [2.05, 4.69) is 16.5 Å². The molecule has 3 rings (SSSR count). The van der Waals surface area contributed by atoms with Crippen LogP contribution in [0.1, 0.15) is 19.0 Å². The van der Waals surface area contributed by atoms with Gasteiger partial charge in [0.2, 0.25) is 0 Å². The summed E-state index contributed by atoms with van der Waals surface area (Å²) in [6.45, 7) is 3.31. The summed E-state index contributed by atoms with van der Waals surface area (Å²) in [5.41, 5.74) is 2.30. The minimum Gasteiger partial charge on any atom is -0.508 e. The molecule has 3 nitrogen and oxygen atoms in total. The molecule has 2 aromatic rings. The topological polar surface area (TPSA) is 38.0 Å². The maximum Gasteiger partial charge on any atom is 0.140 e. The second-order valence-corrected chi connectivity index (χ2v) is 4.87. The number of fused-ring (bicyclic) bond motifs is 1. The van der Waals surface area contributed by atoms with Crippen molar-refractivity contribution in [2.24, 2.45) is 5.92 Å². The molecule has 0 fully saturated rings. The third-order valence-electron chi connectivity index (χ3n) is 3.45. The Labute approximate surface area is 101 Å². The molecule has 0 spiro atoms. The Balaban J connectivity index is 2.05. The molecule has 0 radical (unpaired) electrons. The molecular formula is C14H16N2O. The van der Waals surface area contributed by atoms with Gasteiger partial charge in [-0.15, -0.1) is 0 Å². The van der Waals surface area contributed by atoms with E-state index in [-0.39, 0.29) is 0 Å². The van der Waals surface area contributed by atoms with E-state index in [0.29, 0.717) is 5.75 Å². The van der Waals surface area contributed by atoms with Crippen LogP contribution >= 0.6 is 0 Å². The summed E-state index contributed by atoms with van der Waals surface area (Å²) >= 11 is 0. The lowest BCUT2D eigenvalue weighted by Crippen LogP contribution is -2.17. The van der Waals surface area contributed by atoms with Gasteiger partial charge in [0, 0.05) is 24.0 Å².